The Labute approximate surface area is 233 Å². The van der Waals surface area contributed by atoms with Crippen molar-refractivity contribution in [2.24, 2.45) is 0 Å². The van der Waals surface area contributed by atoms with E-state index in [9.17, 15) is 4.79 Å². The van der Waals surface area contributed by atoms with Crippen LogP contribution in [-0.4, -0.2) is 59.5 Å². The number of halogens is 1. The zero-order valence-corrected chi connectivity index (χ0v) is 22.8. The number of carbonyl (C=O) groups excluding carboxylic acids is 1. The summed E-state index contributed by atoms with van der Waals surface area (Å²) in [7, 11) is 0. The molecule has 2 aliphatic rings. The minimum atomic E-state index is -0.328. The number of nitrogens with zero attached hydrogens (tertiary/aromatic N) is 2. The van der Waals surface area contributed by atoms with Crippen molar-refractivity contribution < 1.29 is 14.3 Å². The van der Waals surface area contributed by atoms with Crippen molar-refractivity contribution in [3.8, 4) is 17.0 Å². The molecule has 3 aromatic carbocycles. The number of fused-ring (bicyclic) bond motifs is 1. The lowest BCUT2D eigenvalue weighted by atomic mass is 9.95. The number of anilines is 1. The summed E-state index contributed by atoms with van der Waals surface area (Å²) in [5.74, 6) is 0.468. The number of nitrogens with one attached hydrogen (secondary N) is 2. The fourth-order valence-electron chi connectivity index (χ4n) is 5.52. The summed E-state index contributed by atoms with van der Waals surface area (Å²) < 4.78 is 11.6. The van der Waals surface area contributed by atoms with Crippen molar-refractivity contribution in [3.05, 3.63) is 77.3 Å². The molecule has 0 bridgehead atoms. The van der Waals surface area contributed by atoms with E-state index in [1.807, 2.05) is 73.7 Å². The largest absolute Gasteiger partial charge is 0.490 e. The number of hydrogen-bond donors (Lipinski definition) is 2. The van der Waals surface area contributed by atoms with Crippen LogP contribution in [0, 0.1) is 0 Å². The molecular weight excluding hydrogens is 512 g/mol. The summed E-state index contributed by atoms with van der Waals surface area (Å²) in [4.78, 5) is 15.7. The maximum Gasteiger partial charge on any atom is 0.231 e. The molecule has 3 heterocycles. The van der Waals surface area contributed by atoms with E-state index < -0.39 is 0 Å². The smallest absolute Gasteiger partial charge is 0.231 e. The second kappa shape index (κ2) is 11.4. The second-order valence-corrected chi connectivity index (χ2v) is 10.8. The third-order valence-corrected chi connectivity index (χ3v) is 8.22. The van der Waals surface area contributed by atoms with Gasteiger partial charge in [-0.05, 0) is 73.4 Å². The summed E-state index contributed by atoms with van der Waals surface area (Å²) in [5.41, 5.74) is 4.29. The maximum atomic E-state index is 13.2. The molecule has 7 nitrogen and oxygen atoms in total. The Kier molecular flexibility index (Phi) is 7.55. The van der Waals surface area contributed by atoms with Gasteiger partial charge in [0.15, 0.2) is 0 Å². The molecule has 2 saturated heterocycles. The Morgan fingerprint density at radius 1 is 1.13 bits per heavy atom. The molecule has 0 unspecified atom stereocenters. The highest BCUT2D eigenvalue weighted by Gasteiger charge is 2.30. The molecule has 1 amide bonds. The van der Waals surface area contributed by atoms with Crippen LogP contribution in [0.25, 0.3) is 22.2 Å². The van der Waals surface area contributed by atoms with Gasteiger partial charge in [0.25, 0.3) is 0 Å². The third kappa shape index (κ3) is 5.53. The average Bonchev–Trinajstić information content (AvgIpc) is 3.34. The van der Waals surface area contributed by atoms with E-state index in [1.165, 1.54) is 0 Å². The number of aromatic nitrogens is 2. The van der Waals surface area contributed by atoms with Crippen molar-refractivity contribution in [1.29, 1.82) is 0 Å². The first-order valence-electron chi connectivity index (χ1n) is 13.7. The second-order valence-electron chi connectivity index (χ2n) is 10.4. The first-order valence-corrected chi connectivity index (χ1v) is 14.1. The van der Waals surface area contributed by atoms with Crippen LogP contribution in [0.15, 0.2) is 66.7 Å². The van der Waals surface area contributed by atoms with E-state index in [4.69, 9.17) is 21.1 Å². The highest BCUT2D eigenvalue weighted by Crippen LogP contribution is 2.32. The Morgan fingerprint density at radius 2 is 1.90 bits per heavy atom. The fraction of sp³-hybridized carbons (Fsp3) is 0.355. The lowest BCUT2D eigenvalue weighted by Crippen LogP contribution is -2.52. The molecule has 0 spiro atoms. The predicted molar refractivity (Wildman–Crippen MR) is 154 cm³/mol. The van der Waals surface area contributed by atoms with Crippen LogP contribution in [-0.2, 0) is 9.53 Å². The van der Waals surface area contributed by atoms with E-state index in [1.54, 1.807) is 0 Å². The fourth-order valence-corrected chi connectivity index (χ4v) is 5.79. The van der Waals surface area contributed by atoms with E-state index in [2.05, 4.69) is 20.4 Å². The molecule has 4 aromatic rings. The van der Waals surface area contributed by atoms with Gasteiger partial charge in [-0.1, -0.05) is 36.7 Å². The Hall–Kier alpha value is -3.39. The van der Waals surface area contributed by atoms with Crippen molar-refractivity contribution in [1.82, 2.24) is 15.1 Å². The number of benzene rings is 3. The number of carbonyl (C=O) groups is 1. The number of H-pyrrole nitrogens is 1. The number of amides is 1. The molecule has 6 rings (SSSR count). The molecule has 0 radical (unpaired) electrons. The monoisotopic (exact) mass is 544 g/mol. The van der Waals surface area contributed by atoms with Gasteiger partial charge in [-0.2, -0.15) is 5.10 Å². The molecule has 202 valence electrons. The van der Waals surface area contributed by atoms with Crippen LogP contribution >= 0.6 is 11.6 Å². The number of hydrogen-bond acceptors (Lipinski definition) is 5. The molecule has 2 aliphatic heterocycles. The molecule has 2 fully saturated rings. The summed E-state index contributed by atoms with van der Waals surface area (Å²) in [6.07, 6.45) is 2.96. The van der Waals surface area contributed by atoms with Crippen molar-refractivity contribution in [2.45, 2.75) is 44.2 Å². The average molecular weight is 545 g/mol. The molecule has 2 N–H and O–H groups in total. The molecular formula is C31H33ClN4O3. The molecule has 0 saturated carbocycles. The summed E-state index contributed by atoms with van der Waals surface area (Å²) >= 11 is 6.38. The normalized spacial score (nSPS) is 17.6. The third-order valence-electron chi connectivity index (χ3n) is 7.88. The minimum absolute atomic E-state index is 0.0802. The number of likely N-dealkylation sites (tertiary alicyclic amines) is 1. The summed E-state index contributed by atoms with van der Waals surface area (Å²) in [5, 5.41) is 12.3. The van der Waals surface area contributed by atoms with Gasteiger partial charge in [-0.25, -0.2) is 0 Å². The number of piperidine rings is 1. The van der Waals surface area contributed by atoms with Crippen LogP contribution in [0.2, 0.25) is 5.02 Å². The van der Waals surface area contributed by atoms with Gasteiger partial charge in [0.2, 0.25) is 5.91 Å². The lowest BCUT2D eigenvalue weighted by molar-refractivity contribution is -0.117. The van der Waals surface area contributed by atoms with E-state index >= 15 is 0 Å². The zero-order chi connectivity index (χ0) is 26.8. The standard InChI is InChI=1S/C31H33ClN4O3/c1-2-25(26-5-3-4-6-28(26)32)31(37)33-21-9-12-29-27(17-21)30(35-34-29)20-7-10-23(11-8-20)39-24-13-15-36(16-14-24)22-18-38-19-22/h3-12,17,22,24-25H,2,13-16,18-19H2,1H3,(H,33,37)(H,34,35)/t25-/m1/s1. The van der Waals surface area contributed by atoms with E-state index in [0.717, 1.165) is 78.3 Å². The van der Waals surface area contributed by atoms with Gasteiger partial charge >= 0.3 is 0 Å². The van der Waals surface area contributed by atoms with Crippen LogP contribution in [0.3, 0.4) is 0 Å². The van der Waals surface area contributed by atoms with Crippen molar-refractivity contribution in [3.63, 3.8) is 0 Å². The van der Waals surface area contributed by atoms with Crippen molar-refractivity contribution in [2.75, 3.05) is 31.6 Å². The van der Waals surface area contributed by atoms with Gasteiger partial charge in [0.1, 0.15) is 11.9 Å². The first-order chi connectivity index (χ1) is 19.1. The lowest BCUT2D eigenvalue weighted by Gasteiger charge is -2.41. The number of ether oxygens (including phenoxy) is 2. The van der Waals surface area contributed by atoms with Gasteiger partial charge < -0.3 is 14.8 Å². The minimum Gasteiger partial charge on any atom is -0.490 e. The summed E-state index contributed by atoms with van der Waals surface area (Å²) in [6.45, 7) is 5.85. The quantitative estimate of drug-likeness (QED) is 0.274. The number of rotatable bonds is 8. The van der Waals surface area contributed by atoms with Gasteiger partial charge in [-0.15, -0.1) is 0 Å². The molecule has 8 heteroatoms. The molecule has 39 heavy (non-hydrogen) atoms. The molecule has 0 aliphatic carbocycles. The topological polar surface area (TPSA) is 79.5 Å². The van der Waals surface area contributed by atoms with E-state index in [0.29, 0.717) is 17.5 Å². The first kappa shape index (κ1) is 25.9. The van der Waals surface area contributed by atoms with Crippen LogP contribution in [0.1, 0.15) is 37.7 Å². The maximum absolute atomic E-state index is 13.2. The Bertz CT molecular complexity index is 1440. The SMILES string of the molecule is CC[C@@H](C(=O)Nc1ccc2[nH]nc(-c3ccc(OC4CCN(C5COC5)CC4)cc3)c2c1)c1ccccc1Cl. The van der Waals surface area contributed by atoms with Crippen LogP contribution < -0.4 is 10.1 Å². The van der Waals surface area contributed by atoms with Gasteiger partial charge in [-0.3, -0.25) is 14.8 Å². The zero-order valence-electron chi connectivity index (χ0n) is 22.0. The Balaban J connectivity index is 1.13. The highest BCUT2D eigenvalue weighted by atomic mass is 35.5. The van der Waals surface area contributed by atoms with Crippen LogP contribution in [0.4, 0.5) is 5.69 Å². The van der Waals surface area contributed by atoms with Crippen molar-refractivity contribution >= 4 is 34.1 Å². The molecule has 1 atom stereocenters. The van der Waals surface area contributed by atoms with E-state index in [-0.39, 0.29) is 17.9 Å². The highest BCUT2D eigenvalue weighted by molar-refractivity contribution is 6.31. The molecule has 1 aromatic heterocycles. The predicted octanol–water partition coefficient (Wildman–Crippen LogP) is 6.26. The van der Waals surface area contributed by atoms with Gasteiger partial charge in [0.05, 0.1) is 36.4 Å². The number of aromatic amines is 1. The Morgan fingerprint density at radius 3 is 2.59 bits per heavy atom. The van der Waals surface area contributed by atoms with Gasteiger partial charge in [0, 0.05) is 34.7 Å². The summed E-state index contributed by atoms with van der Waals surface area (Å²) in [6, 6.07) is 22.0. The van der Waals surface area contributed by atoms with Crippen LogP contribution in [0.5, 0.6) is 5.75 Å².